The Hall–Kier alpha value is -6.30. The van der Waals surface area contributed by atoms with Crippen LogP contribution in [0, 0.1) is 11.8 Å². The Morgan fingerprint density at radius 2 is 1.09 bits per heavy atom. The first-order valence-corrected chi connectivity index (χ1v) is 23.6. The summed E-state index contributed by atoms with van der Waals surface area (Å²) in [5, 5.41) is 0. The van der Waals surface area contributed by atoms with Crippen LogP contribution in [0.5, 0.6) is 0 Å². The summed E-state index contributed by atoms with van der Waals surface area (Å²) in [4.78, 5) is 69.0. The van der Waals surface area contributed by atoms with Crippen molar-refractivity contribution in [2.45, 2.75) is 94.5 Å². The Morgan fingerprint density at radius 3 is 1.62 bits per heavy atom. The molecule has 4 heterocycles. The lowest BCUT2D eigenvalue weighted by Crippen LogP contribution is -2.49. The first-order valence-electron chi connectivity index (χ1n) is 23.6. The highest BCUT2D eigenvalue weighted by Crippen LogP contribution is 2.47. The summed E-state index contributed by atoms with van der Waals surface area (Å²) < 4.78 is 0. The van der Waals surface area contributed by atoms with Crippen molar-refractivity contribution in [2.75, 3.05) is 40.3 Å². The van der Waals surface area contributed by atoms with Crippen LogP contribution >= 0.6 is 0 Å². The molecule has 4 amide bonds. The number of piperidine rings is 2. The topological polar surface area (TPSA) is 158 Å². The molecular formula is C53H64N8O4. The molecule has 2 atom stereocenters. The molecule has 1 aliphatic carbocycles. The molecule has 9 rings (SSSR count). The first-order chi connectivity index (χ1) is 31.5. The van der Waals surface area contributed by atoms with Crippen LogP contribution in [-0.4, -0.2) is 95.4 Å². The zero-order valence-electron chi connectivity index (χ0n) is 38.2. The zero-order chi connectivity index (χ0) is 45.7. The number of benzene rings is 4. The van der Waals surface area contributed by atoms with Gasteiger partial charge in [-0.2, -0.15) is 0 Å². The minimum absolute atomic E-state index is 0.00932. The highest BCUT2D eigenvalue weighted by molar-refractivity contribution is 6.08. The molecule has 340 valence electrons. The number of rotatable bonds is 9. The standard InChI is InChI=1S/C28H34N4O2.C25H30N4O2/c1-31-26(34)28(30-27(31)29,24-14-8-13-22(19-24)20-9-4-2-5-10-20)23-15-17-32(18-16-23)25(33)21-11-6-3-7-12-21;1-3-8-22(30)29-15-13-20(14-16-29)25(23(31)28(2)24(26)27-25)21-12-7-11-19(17-21)18-9-5-4-6-10-18/h3,6-8,11-14,19-20,23H,2,4-5,9-10,15-18H2,1H3,(H2,29,30);4-7,9-12,17,20H,3,8,13-16H2,1-2H3,(H2,26,27). The van der Waals surface area contributed by atoms with Gasteiger partial charge in [-0.05, 0) is 96.9 Å². The molecule has 0 radical (unpaired) electrons. The van der Waals surface area contributed by atoms with Gasteiger partial charge < -0.3 is 21.3 Å². The first kappa shape index (κ1) is 45.3. The van der Waals surface area contributed by atoms with Crippen molar-refractivity contribution in [2.24, 2.45) is 33.3 Å². The Kier molecular flexibility index (Phi) is 13.5. The third kappa shape index (κ3) is 8.79. The Labute approximate surface area is 383 Å². The molecule has 65 heavy (non-hydrogen) atoms. The van der Waals surface area contributed by atoms with E-state index in [1.54, 1.807) is 14.1 Å². The molecule has 5 aliphatic rings. The van der Waals surface area contributed by atoms with Crippen molar-refractivity contribution in [3.05, 3.63) is 131 Å². The van der Waals surface area contributed by atoms with Crippen molar-refractivity contribution in [3.63, 3.8) is 0 Å². The Bertz CT molecular complexity index is 2420. The summed E-state index contributed by atoms with van der Waals surface area (Å²) in [5.41, 5.74) is 16.3. The molecule has 1 saturated carbocycles. The molecule has 3 fully saturated rings. The van der Waals surface area contributed by atoms with Gasteiger partial charge in [-0.1, -0.05) is 117 Å². The molecule has 4 aromatic carbocycles. The van der Waals surface area contributed by atoms with Gasteiger partial charge >= 0.3 is 0 Å². The van der Waals surface area contributed by atoms with Crippen LogP contribution in [0.1, 0.15) is 111 Å². The van der Waals surface area contributed by atoms with Crippen LogP contribution < -0.4 is 11.5 Å². The van der Waals surface area contributed by atoms with E-state index in [0.29, 0.717) is 56.9 Å². The number of guanidine groups is 2. The summed E-state index contributed by atoms with van der Waals surface area (Å²) in [6, 6.07) is 36.1. The molecular weight excluding hydrogens is 813 g/mol. The van der Waals surface area contributed by atoms with Gasteiger partial charge in [0.25, 0.3) is 17.7 Å². The molecule has 0 bridgehead atoms. The van der Waals surface area contributed by atoms with Crippen LogP contribution in [0.2, 0.25) is 0 Å². The number of nitrogens with two attached hydrogens (primary N) is 2. The van der Waals surface area contributed by atoms with E-state index >= 15 is 0 Å². The van der Waals surface area contributed by atoms with Gasteiger partial charge in [-0.3, -0.25) is 29.0 Å². The molecule has 2 unspecified atom stereocenters. The zero-order valence-corrected chi connectivity index (χ0v) is 38.2. The van der Waals surface area contributed by atoms with Gasteiger partial charge in [0.2, 0.25) is 5.91 Å². The molecule has 4 N–H and O–H groups in total. The van der Waals surface area contributed by atoms with Crippen molar-refractivity contribution in [1.82, 2.24) is 19.6 Å². The fourth-order valence-corrected chi connectivity index (χ4v) is 10.9. The molecule has 0 spiro atoms. The van der Waals surface area contributed by atoms with Crippen LogP contribution in [-0.2, 0) is 25.5 Å². The molecule has 12 nitrogen and oxygen atoms in total. The van der Waals surface area contributed by atoms with E-state index in [1.165, 1.54) is 47.5 Å². The van der Waals surface area contributed by atoms with Crippen molar-refractivity contribution >= 4 is 35.5 Å². The highest BCUT2D eigenvalue weighted by atomic mass is 16.2. The molecule has 2 saturated heterocycles. The van der Waals surface area contributed by atoms with Gasteiger partial charge in [0, 0.05) is 64.1 Å². The van der Waals surface area contributed by atoms with Gasteiger partial charge in [0.1, 0.15) is 0 Å². The predicted molar refractivity (Wildman–Crippen MR) is 256 cm³/mol. The lowest BCUT2D eigenvalue weighted by Gasteiger charge is -2.40. The minimum atomic E-state index is -1.04. The van der Waals surface area contributed by atoms with Crippen LogP contribution in [0.4, 0.5) is 0 Å². The van der Waals surface area contributed by atoms with E-state index in [1.807, 2.05) is 83.5 Å². The second-order valence-electron chi connectivity index (χ2n) is 18.4. The quantitative estimate of drug-likeness (QED) is 0.176. The normalized spacial score (nSPS) is 23.2. The van der Waals surface area contributed by atoms with Crippen molar-refractivity contribution in [1.29, 1.82) is 0 Å². The predicted octanol–water partition coefficient (Wildman–Crippen LogP) is 7.64. The maximum Gasteiger partial charge on any atom is 0.261 e. The van der Waals surface area contributed by atoms with Crippen LogP contribution in [0.25, 0.3) is 11.1 Å². The third-order valence-corrected chi connectivity index (χ3v) is 14.6. The van der Waals surface area contributed by atoms with Crippen LogP contribution in [0.3, 0.4) is 0 Å². The fourth-order valence-electron chi connectivity index (χ4n) is 10.9. The van der Waals surface area contributed by atoms with E-state index in [4.69, 9.17) is 21.5 Å². The largest absolute Gasteiger partial charge is 0.369 e. The summed E-state index contributed by atoms with van der Waals surface area (Å²) in [7, 11) is 3.39. The number of carbonyl (C=O) groups is 4. The second-order valence-corrected chi connectivity index (χ2v) is 18.4. The van der Waals surface area contributed by atoms with Gasteiger partial charge in [0.15, 0.2) is 23.0 Å². The number of hydrogen-bond acceptors (Lipinski definition) is 8. The number of hydrogen-bond donors (Lipinski definition) is 2. The molecule has 4 aliphatic heterocycles. The van der Waals surface area contributed by atoms with Crippen molar-refractivity contribution < 1.29 is 19.2 Å². The van der Waals surface area contributed by atoms with E-state index < -0.39 is 11.1 Å². The van der Waals surface area contributed by atoms with E-state index in [-0.39, 0.29) is 47.4 Å². The Morgan fingerprint density at radius 1 is 0.600 bits per heavy atom. The number of likely N-dealkylation sites (N-methyl/N-ethyl adjacent to an activating group) is 2. The summed E-state index contributed by atoms with van der Waals surface area (Å²) in [6.07, 6.45) is 10.5. The highest BCUT2D eigenvalue weighted by Gasteiger charge is 2.55. The Balaban J connectivity index is 0.000000178. The minimum Gasteiger partial charge on any atom is -0.369 e. The monoisotopic (exact) mass is 877 g/mol. The molecule has 12 heteroatoms. The maximum atomic E-state index is 13.7. The molecule has 4 aromatic rings. The number of carbonyl (C=O) groups excluding carboxylic acids is 4. The lowest BCUT2D eigenvalue weighted by molar-refractivity contribution is -0.136. The third-order valence-electron chi connectivity index (χ3n) is 14.6. The van der Waals surface area contributed by atoms with Gasteiger partial charge in [-0.25, -0.2) is 9.98 Å². The summed E-state index contributed by atoms with van der Waals surface area (Å²) >= 11 is 0. The summed E-state index contributed by atoms with van der Waals surface area (Å²) in [5.74, 6) is 1.14. The van der Waals surface area contributed by atoms with Crippen molar-refractivity contribution in [3.8, 4) is 11.1 Å². The smallest absolute Gasteiger partial charge is 0.261 e. The average Bonchev–Trinajstić information content (AvgIpc) is 3.74. The number of likely N-dealkylation sites (tertiary alicyclic amines) is 2. The van der Waals surface area contributed by atoms with E-state index in [9.17, 15) is 19.2 Å². The van der Waals surface area contributed by atoms with Crippen LogP contribution in [0.15, 0.2) is 119 Å². The second kappa shape index (κ2) is 19.4. The summed E-state index contributed by atoms with van der Waals surface area (Å²) in [6.45, 7) is 4.53. The number of nitrogens with zero attached hydrogens (tertiary/aromatic N) is 6. The lowest BCUT2D eigenvalue weighted by atomic mass is 9.72. The number of aliphatic imine (C=N–C) groups is 2. The SMILES string of the molecule is CCCC(=O)N1CCC(C2(c3cccc(-c4ccccc4)c3)N=C(N)N(C)C2=O)CC1.CN1C(=O)C(c2cccc(C3CCCCC3)c2)(C2CCN(C(=O)c3ccccc3)CC2)N=C1N. The van der Waals surface area contributed by atoms with Gasteiger partial charge in [0.05, 0.1) is 0 Å². The van der Waals surface area contributed by atoms with Gasteiger partial charge in [-0.15, -0.1) is 0 Å². The average molecular weight is 877 g/mol. The number of amides is 4. The fraction of sp³-hybridized carbons (Fsp3) is 0.434. The van der Waals surface area contributed by atoms with E-state index in [0.717, 1.165) is 41.5 Å². The van der Waals surface area contributed by atoms with E-state index in [2.05, 4.69) is 42.5 Å². The molecule has 0 aromatic heterocycles. The maximum absolute atomic E-state index is 13.7.